The second kappa shape index (κ2) is 6.87. The van der Waals surface area contributed by atoms with E-state index in [4.69, 9.17) is 9.16 Å². The van der Waals surface area contributed by atoms with E-state index < -0.39 is 13.7 Å². The van der Waals surface area contributed by atoms with E-state index in [0.29, 0.717) is 0 Å². The molecule has 0 saturated heterocycles. The van der Waals surface area contributed by atoms with Gasteiger partial charge in [-0.15, -0.1) is 0 Å². The van der Waals surface area contributed by atoms with Gasteiger partial charge in [0.15, 0.2) is 8.32 Å². The van der Waals surface area contributed by atoms with E-state index in [2.05, 4.69) is 46.0 Å². The van der Waals surface area contributed by atoms with E-state index >= 15 is 0 Å². The van der Waals surface area contributed by atoms with Crippen molar-refractivity contribution in [3.63, 3.8) is 0 Å². The van der Waals surface area contributed by atoms with Crippen LogP contribution in [0.2, 0.25) is 18.1 Å². The fraction of sp³-hybridized carbons (Fsp3) is 0.833. The fourth-order valence-corrected chi connectivity index (χ4v) is 3.15. The van der Waals surface area contributed by atoms with Gasteiger partial charge in [0.05, 0.1) is 5.41 Å². The summed E-state index contributed by atoms with van der Waals surface area (Å²) in [6, 6.07) is 0. The second-order valence-corrected chi connectivity index (χ2v) is 13.7. The SMILES string of the molecule is CC(C)(C)C(=O)O[C@@H]1CC=C[C@@H]1CCO[Si](C)(C)C(C)(C)C. The molecule has 1 aliphatic carbocycles. The molecule has 0 unspecified atom stereocenters. The molecule has 0 aromatic rings. The molecular formula is C18H34O3Si. The van der Waals surface area contributed by atoms with Gasteiger partial charge in [-0.3, -0.25) is 4.79 Å². The summed E-state index contributed by atoms with van der Waals surface area (Å²) in [6.07, 6.45) is 6.03. The van der Waals surface area contributed by atoms with E-state index in [1.165, 1.54) is 0 Å². The Balaban J connectivity index is 2.49. The summed E-state index contributed by atoms with van der Waals surface area (Å²) in [7, 11) is -1.69. The molecule has 0 aliphatic heterocycles. The van der Waals surface area contributed by atoms with Crippen LogP contribution in [-0.2, 0) is 14.0 Å². The fourth-order valence-electron chi connectivity index (χ4n) is 2.08. The van der Waals surface area contributed by atoms with Crippen LogP contribution in [0.25, 0.3) is 0 Å². The van der Waals surface area contributed by atoms with Gasteiger partial charge in [-0.2, -0.15) is 0 Å². The Morgan fingerprint density at radius 2 is 1.77 bits per heavy atom. The molecule has 0 bridgehead atoms. The van der Waals surface area contributed by atoms with Crippen LogP contribution >= 0.6 is 0 Å². The molecule has 3 nitrogen and oxygen atoms in total. The monoisotopic (exact) mass is 326 g/mol. The number of carbonyl (C=O) groups is 1. The van der Waals surface area contributed by atoms with Crippen molar-refractivity contribution in [3.05, 3.63) is 12.2 Å². The Hall–Kier alpha value is -0.613. The predicted octanol–water partition coefficient (Wildman–Crippen LogP) is 4.93. The molecule has 0 aromatic carbocycles. The Bertz CT molecular complexity index is 413. The molecule has 0 spiro atoms. The lowest BCUT2D eigenvalue weighted by atomic mass is 9.96. The number of rotatable bonds is 5. The summed E-state index contributed by atoms with van der Waals surface area (Å²) in [5.74, 6) is 0.174. The van der Waals surface area contributed by atoms with Gasteiger partial charge in [-0.1, -0.05) is 32.9 Å². The van der Waals surface area contributed by atoms with Crippen molar-refractivity contribution in [1.82, 2.24) is 0 Å². The lowest BCUT2D eigenvalue weighted by Gasteiger charge is -2.36. The quantitative estimate of drug-likeness (QED) is 0.408. The van der Waals surface area contributed by atoms with E-state index in [-0.39, 0.29) is 23.0 Å². The standard InChI is InChI=1S/C18H34O3Si/c1-17(2,3)16(19)21-15-11-9-10-14(15)12-13-20-22(7,8)18(4,5)6/h9-10,14-15H,11-13H2,1-8H3/t14-,15-/m1/s1. The molecule has 1 aliphatic rings. The average Bonchev–Trinajstić information content (AvgIpc) is 2.73. The van der Waals surface area contributed by atoms with Crippen molar-refractivity contribution in [2.24, 2.45) is 11.3 Å². The minimum absolute atomic E-state index is 0.0188. The summed E-state index contributed by atoms with van der Waals surface area (Å²) in [5.41, 5.74) is -0.440. The molecule has 0 fully saturated rings. The van der Waals surface area contributed by atoms with Crippen molar-refractivity contribution in [1.29, 1.82) is 0 Å². The smallest absolute Gasteiger partial charge is 0.311 e. The molecule has 2 atom stereocenters. The van der Waals surface area contributed by atoms with Crippen molar-refractivity contribution < 1.29 is 14.0 Å². The highest BCUT2D eigenvalue weighted by Gasteiger charge is 2.37. The maximum Gasteiger partial charge on any atom is 0.311 e. The molecule has 0 N–H and O–H groups in total. The number of carbonyl (C=O) groups excluding carboxylic acids is 1. The summed E-state index contributed by atoms with van der Waals surface area (Å²) in [5, 5.41) is 0.233. The van der Waals surface area contributed by atoms with Gasteiger partial charge in [-0.05, 0) is 45.3 Å². The van der Waals surface area contributed by atoms with Gasteiger partial charge in [0.1, 0.15) is 6.10 Å². The molecule has 0 heterocycles. The third-order valence-electron chi connectivity index (χ3n) is 4.82. The first-order valence-electron chi connectivity index (χ1n) is 8.36. The number of hydrogen-bond acceptors (Lipinski definition) is 3. The number of ether oxygens (including phenoxy) is 1. The van der Waals surface area contributed by atoms with Crippen LogP contribution in [0, 0.1) is 11.3 Å². The molecule has 0 saturated carbocycles. The van der Waals surface area contributed by atoms with E-state index in [9.17, 15) is 4.79 Å². The molecule has 0 amide bonds. The van der Waals surface area contributed by atoms with Gasteiger partial charge in [-0.25, -0.2) is 0 Å². The zero-order valence-corrected chi connectivity index (χ0v) is 16.7. The van der Waals surface area contributed by atoms with Gasteiger partial charge in [0.2, 0.25) is 0 Å². The molecule has 4 heteroatoms. The Morgan fingerprint density at radius 1 is 1.18 bits per heavy atom. The zero-order chi connectivity index (χ0) is 17.2. The highest BCUT2D eigenvalue weighted by atomic mass is 28.4. The van der Waals surface area contributed by atoms with Crippen LogP contribution in [-0.4, -0.2) is 27.0 Å². The van der Waals surface area contributed by atoms with Crippen molar-refractivity contribution in [2.75, 3.05) is 6.61 Å². The lowest BCUT2D eigenvalue weighted by molar-refractivity contribution is -0.160. The van der Waals surface area contributed by atoms with E-state index in [1.54, 1.807) is 0 Å². The first-order chi connectivity index (χ1) is 9.84. The molecular weight excluding hydrogens is 292 g/mol. The average molecular weight is 327 g/mol. The van der Waals surface area contributed by atoms with Crippen LogP contribution in [0.3, 0.4) is 0 Å². The second-order valence-electron chi connectivity index (χ2n) is 8.92. The number of hydrogen-bond donors (Lipinski definition) is 0. The first kappa shape index (κ1) is 19.4. The molecule has 1 rings (SSSR count). The van der Waals surface area contributed by atoms with Crippen molar-refractivity contribution >= 4 is 14.3 Å². The summed E-state index contributed by atoms with van der Waals surface area (Å²) in [4.78, 5) is 12.1. The van der Waals surface area contributed by atoms with Crippen molar-refractivity contribution in [3.8, 4) is 0 Å². The Labute approximate surface area is 137 Å². The van der Waals surface area contributed by atoms with Gasteiger partial charge in [0.25, 0.3) is 0 Å². The summed E-state index contributed by atoms with van der Waals surface area (Å²) in [6.45, 7) is 17.7. The lowest BCUT2D eigenvalue weighted by Crippen LogP contribution is -2.41. The van der Waals surface area contributed by atoms with Crippen LogP contribution in [0.4, 0.5) is 0 Å². The van der Waals surface area contributed by atoms with Crippen LogP contribution in [0.15, 0.2) is 12.2 Å². The van der Waals surface area contributed by atoms with Gasteiger partial charge >= 0.3 is 5.97 Å². The topological polar surface area (TPSA) is 35.5 Å². The van der Waals surface area contributed by atoms with Crippen LogP contribution in [0.5, 0.6) is 0 Å². The summed E-state index contributed by atoms with van der Waals surface area (Å²) < 4.78 is 11.9. The zero-order valence-electron chi connectivity index (χ0n) is 15.7. The first-order valence-corrected chi connectivity index (χ1v) is 11.3. The number of esters is 1. The highest BCUT2D eigenvalue weighted by Crippen LogP contribution is 2.37. The predicted molar refractivity (Wildman–Crippen MR) is 94.3 cm³/mol. The summed E-state index contributed by atoms with van der Waals surface area (Å²) >= 11 is 0. The third kappa shape index (κ3) is 5.23. The molecule has 22 heavy (non-hydrogen) atoms. The third-order valence-corrected chi connectivity index (χ3v) is 9.36. The van der Waals surface area contributed by atoms with E-state index in [1.807, 2.05) is 20.8 Å². The Morgan fingerprint density at radius 3 is 2.27 bits per heavy atom. The van der Waals surface area contributed by atoms with Gasteiger partial charge in [0, 0.05) is 18.9 Å². The van der Waals surface area contributed by atoms with E-state index in [0.717, 1.165) is 19.4 Å². The Kier molecular flexibility index (Phi) is 6.07. The maximum absolute atomic E-state index is 12.1. The van der Waals surface area contributed by atoms with Crippen molar-refractivity contribution in [2.45, 2.75) is 78.6 Å². The van der Waals surface area contributed by atoms with Crippen LogP contribution < -0.4 is 0 Å². The molecule has 0 radical (unpaired) electrons. The maximum atomic E-state index is 12.1. The van der Waals surface area contributed by atoms with Crippen LogP contribution in [0.1, 0.15) is 54.4 Å². The van der Waals surface area contributed by atoms with Gasteiger partial charge < -0.3 is 9.16 Å². The normalized spacial score (nSPS) is 22.9. The largest absolute Gasteiger partial charge is 0.461 e. The highest BCUT2D eigenvalue weighted by molar-refractivity contribution is 6.74. The molecule has 0 aromatic heterocycles. The minimum Gasteiger partial charge on any atom is -0.461 e. The minimum atomic E-state index is -1.69. The molecule has 128 valence electrons.